The van der Waals surface area contributed by atoms with Gasteiger partial charge in [0.1, 0.15) is 18.1 Å². The van der Waals surface area contributed by atoms with Crippen LogP contribution in [-0.4, -0.2) is 23.0 Å². The molecular formula is C18H19NO4S. The van der Waals surface area contributed by atoms with E-state index in [2.05, 4.69) is 5.32 Å². The first-order valence-electron chi connectivity index (χ1n) is 7.85. The summed E-state index contributed by atoms with van der Waals surface area (Å²) in [6.45, 7) is 0.826. The second-order valence-electron chi connectivity index (χ2n) is 5.44. The molecule has 0 spiro atoms. The molecule has 126 valence electrons. The number of amides is 1. The van der Waals surface area contributed by atoms with Crippen LogP contribution >= 0.6 is 0 Å². The summed E-state index contributed by atoms with van der Waals surface area (Å²) in [4.78, 5) is 12.0. The second-order valence-corrected chi connectivity index (χ2v) is 7.01. The first kappa shape index (κ1) is 16.7. The topological polar surface area (TPSA) is 70.6 Å². The Morgan fingerprint density at radius 2 is 2.00 bits per heavy atom. The molecule has 2 aromatic rings. The van der Waals surface area contributed by atoms with Gasteiger partial charge in [-0.15, -0.1) is 0 Å². The lowest BCUT2D eigenvalue weighted by molar-refractivity contribution is 0.151. The molecule has 0 bridgehead atoms. The molecule has 0 saturated heterocycles. The molecule has 0 radical (unpaired) electrons. The Balaban J connectivity index is 1.40. The molecule has 1 N–H and O–H groups in total. The minimum absolute atomic E-state index is 0.258. The van der Waals surface area contributed by atoms with Gasteiger partial charge in [0.25, 0.3) is 0 Å². The van der Waals surface area contributed by atoms with Crippen LogP contribution in [0.3, 0.4) is 0 Å². The number of cyclic esters (lactones) is 1. The Morgan fingerprint density at radius 1 is 1.17 bits per heavy atom. The number of anilines is 1. The smallest absolute Gasteiger partial charge is 0.411 e. The SMILES string of the molecule is O=C1Nc2ccc(OCCCC[S+]([O-])c3ccccc3)cc2CO1. The summed E-state index contributed by atoms with van der Waals surface area (Å²) < 4.78 is 22.7. The van der Waals surface area contributed by atoms with Crippen LogP contribution in [0.5, 0.6) is 5.75 Å². The van der Waals surface area contributed by atoms with Crippen LogP contribution in [0.1, 0.15) is 18.4 Å². The molecule has 1 amide bonds. The highest BCUT2D eigenvalue weighted by atomic mass is 32.2. The first-order valence-corrected chi connectivity index (χ1v) is 9.17. The zero-order chi connectivity index (χ0) is 16.8. The van der Waals surface area contributed by atoms with Gasteiger partial charge < -0.3 is 14.0 Å². The van der Waals surface area contributed by atoms with E-state index < -0.39 is 17.3 Å². The highest BCUT2D eigenvalue weighted by molar-refractivity contribution is 7.91. The molecule has 1 heterocycles. The average Bonchev–Trinajstić information content (AvgIpc) is 2.62. The normalized spacial score (nSPS) is 14.3. The van der Waals surface area contributed by atoms with Crippen molar-refractivity contribution in [3.05, 3.63) is 54.1 Å². The van der Waals surface area contributed by atoms with Crippen LogP contribution in [0.25, 0.3) is 0 Å². The molecule has 24 heavy (non-hydrogen) atoms. The third kappa shape index (κ3) is 4.43. The third-order valence-electron chi connectivity index (χ3n) is 3.67. The summed E-state index contributed by atoms with van der Waals surface area (Å²) in [5.41, 5.74) is 1.66. The lowest BCUT2D eigenvalue weighted by Crippen LogP contribution is -2.20. The van der Waals surface area contributed by atoms with Crippen molar-refractivity contribution in [3.8, 4) is 5.75 Å². The molecule has 1 atom stereocenters. The maximum absolute atomic E-state index is 12.1. The molecule has 0 fully saturated rings. The Bertz CT molecular complexity index is 693. The summed E-state index contributed by atoms with van der Waals surface area (Å²) in [6.07, 6.45) is 1.25. The zero-order valence-electron chi connectivity index (χ0n) is 13.2. The van der Waals surface area contributed by atoms with E-state index in [0.29, 0.717) is 12.4 Å². The Labute approximate surface area is 144 Å². The van der Waals surface area contributed by atoms with Crippen molar-refractivity contribution < 1.29 is 18.8 Å². The van der Waals surface area contributed by atoms with Gasteiger partial charge in [0, 0.05) is 5.56 Å². The quantitative estimate of drug-likeness (QED) is 0.613. The maximum Gasteiger partial charge on any atom is 0.411 e. The highest BCUT2D eigenvalue weighted by Gasteiger charge is 2.16. The van der Waals surface area contributed by atoms with Gasteiger partial charge in [0.15, 0.2) is 4.90 Å². The largest absolute Gasteiger partial charge is 0.611 e. The van der Waals surface area contributed by atoms with Crippen LogP contribution in [0.4, 0.5) is 10.5 Å². The summed E-state index contributed by atoms with van der Waals surface area (Å²) >= 11 is -0.949. The van der Waals surface area contributed by atoms with E-state index in [4.69, 9.17) is 9.47 Å². The molecule has 1 unspecified atom stereocenters. The standard InChI is InChI=1S/C18H19NO4S/c20-18-19-17-9-8-15(12-14(17)13-23-18)22-10-4-5-11-24(21)16-6-2-1-3-7-16/h1-3,6-9,12H,4-5,10-11,13H2,(H,19,20). The molecule has 3 rings (SSSR count). The lowest BCUT2D eigenvalue weighted by atomic mass is 10.1. The second kappa shape index (κ2) is 8.08. The monoisotopic (exact) mass is 345 g/mol. The van der Waals surface area contributed by atoms with Gasteiger partial charge in [-0.25, -0.2) is 4.79 Å². The number of hydrogen-bond acceptors (Lipinski definition) is 4. The number of fused-ring (bicyclic) bond motifs is 1. The van der Waals surface area contributed by atoms with Gasteiger partial charge in [0.05, 0.1) is 12.3 Å². The predicted octanol–water partition coefficient (Wildman–Crippen LogP) is 3.72. The fraction of sp³-hybridized carbons (Fsp3) is 0.278. The maximum atomic E-state index is 12.1. The van der Waals surface area contributed by atoms with E-state index in [1.165, 1.54) is 0 Å². The molecule has 6 heteroatoms. The summed E-state index contributed by atoms with van der Waals surface area (Å²) in [5.74, 6) is 1.38. The number of carbonyl (C=O) groups is 1. The van der Waals surface area contributed by atoms with Crippen LogP contribution in [-0.2, 0) is 22.5 Å². The fourth-order valence-corrected chi connectivity index (χ4v) is 3.57. The van der Waals surface area contributed by atoms with Gasteiger partial charge >= 0.3 is 6.09 Å². The predicted molar refractivity (Wildman–Crippen MR) is 92.7 cm³/mol. The number of ether oxygens (including phenoxy) is 2. The third-order valence-corrected chi connectivity index (χ3v) is 5.13. The van der Waals surface area contributed by atoms with Crippen LogP contribution in [0.15, 0.2) is 53.4 Å². The van der Waals surface area contributed by atoms with Gasteiger partial charge in [0.2, 0.25) is 0 Å². The average molecular weight is 345 g/mol. The van der Waals surface area contributed by atoms with Crippen LogP contribution in [0.2, 0.25) is 0 Å². The summed E-state index contributed by atoms with van der Waals surface area (Å²) in [5, 5.41) is 2.64. The van der Waals surface area contributed by atoms with E-state index in [1.807, 2.05) is 48.5 Å². The number of rotatable bonds is 7. The Kier molecular flexibility index (Phi) is 5.61. The molecule has 2 aromatic carbocycles. The fourth-order valence-electron chi connectivity index (χ4n) is 2.41. The molecule has 1 aliphatic rings. The molecule has 5 nitrogen and oxygen atoms in total. The van der Waals surface area contributed by atoms with E-state index >= 15 is 0 Å². The number of benzene rings is 2. The number of carbonyl (C=O) groups excluding carboxylic acids is 1. The lowest BCUT2D eigenvalue weighted by Gasteiger charge is -2.18. The zero-order valence-corrected chi connectivity index (χ0v) is 14.0. The Hall–Kier alpha value is -2.18. The van der Waals surface area contributed by atoms with Crippen LogP contribution < -0.4 is 10.1 Å². The summed E-state index contributed by atoms with van der Waals surface area (Å²) in [7, 11) is 0. The van der Waals surface area contributed by atoms with Crippen LogP contribution in [0, 0.1) is 0 Å². The Morgan fingerprint density at radius 3 is 2.83 bits per heavy atom. The van der Waals surface area contributed by atoms with Gasteiger partial charge in [-0.1, -0.05) is 18.2 Å². The van der Waals surface area contributed by atoms with Crippen molar-refractivity contribution in [2.24, 2.45) is 0 Å². The number of unbranched alkanes of at least 4 members (excludes halogenated alkanes) is 1. The van der Waals surface area contributed by atoms with Crippen molar-refractivity contribution in [2.75, 3.05) is 17.7 Å². The van der Waals surface area contributed by atoms with Gasteiger partial charge in [-0.3, -0.25) is 5.32 Å². The van der Waals surface area contributed by atoms with Crippen molar-refractivity contribution in [2.45, 2.75) is 24.3 Å². The van der Waals surface area contributed by atoms with Crippen molar-refractivity contribution in [3.63, 3.8) is 0 Å². The van der Waals surface area contributed by atoms with Crippen molar-refractivity contribution in [1.29, 1.82) is 0 Å². The van der Waals surface area contributed by atoms with Crippen molar-refractivity contribution >= 4 is 23.0 Å². The van der Waals surface area contributed by atoms with E-state index in [-0.39, 0.29) is 6.61 Å². The minimum Gasteiger partial charge on any atom is -0.611 e. The van der Waals surface area contributed by atoms with Gasteiger partial charge in [-0.2, -0.15) is 0 Å². The molecular weight excluding hydrogens is 326 g/mol. The minimum atomic E-state index is -0.949. The van der Waals surface area contributed by atoms with E-state index in [1.54, 1.807) is 0 Å². The van der Waals surface area contributed by atoms with E-state index in [9.17, 15) is 9.35 Å². The summed E-state index contributed by atoms with van der Waals surface area (Å²) in [6, 6.07) is 15.0. The first-order chi connectivity index (χ1) is 11.7. The van der Waals surface area contributed by atoms with Crippen molar-refractivity contribution in [1.82, 2.24) is 0 Å². The number of nitrogens with one attached hydrogen (secondary N) is 1. The highest BCUT2D eigenvalue weighted by Crippen LogP contribution is 2.26. The van der Waals surface area contributed by atoms with Gasteiger partial charge in [-0.05, 0) is 54.3 Å². The molecule has 0 saturated carbocycles. The molecule has 0 aromatic heterocycles. The number of hydrogen-bond donors (Lipinski definition) is 1. The van der Waals surface area contributed by atoms with E-state index in [0.717, 1.165) is 34.7 Å². The molecule has 1 aliphatic heterocycles. The molecule has 0 aliphatic carbocycles.